The van der Waals surface area contributed by atoms with E-state index in [4.69, 9.17) is 5.73 Å². The zero-order chi connectivity index (χ0) is 12.5. The molecule has 7 nitrogen and oxygen atoms in total. The highest BCUT2D eigenvalue weighted by Crippen LogP contribution is 2.12. The van der Waals surface area contributed by atoms with Crippen LogP contribution >= 0.6 is 0 Å². The molecule has 0 spiro atoms. The monoisotopic (exact) mass is 256 g/mol. The number of aromatic nitrogens is 1. The minimum Gasteiger partial charge on any atom is -0.384 e. The third-order valence-electron chi connectivity index (χ3n) is 2.36. The molecule has 0 saturated carbocycles. The van der Waals surface area contributed by atoms with Gasteiger partial charge in [0.2, 0.25) is 15.9 Å². The summed E-state index contributed by atoms with van der Waals surface area (Å²) in [6.45, 7) is 0.304. The maximum Gasteiger partial charge on any atom is 0.241 e. The molecule has 17 heavy (non-hydrogen) atoms. The number of rotatable bonds is 3. The van der Waals surface area contributed by atoms with Crippen LogP contribution in [0.2, 0.25) is 0 Å². The fraction of sp³-hybridized carbons (Fsp3) is 0.333. The van der Waals surface area contributed by atoms with Crippen LogP contribution in [0.5, 0.6) is 0 Å². The lowest BCUT2D eigenvalue weighted by Crippen LogP contribution is -2.36. The number of nitrogens with two attached hydrogens (primary N) is 1. The number of hydrogen-bond donors (Lipinski definition) is 3. The Hall–Kier alpha value is -1.67. The molecule has 1 aromatic rings. The first kappa shape index (κ1) is 11.8. The molecule has 1 unspecified atom stereocenters. The Morgan fingerprint density at radius 3 is 2.88 bits per heavy atom. The third kappa shape index (κ3) is 2.71. The smallest absolute Gasteiger partial charge is 0.241 e. The van der Waals surface area contributed by atoms with Gasteiger partial charge in [-0.25, -0.2) is 18.1 Å². The van der Waals surface area contributed by atoms with Crippen molar-refractivity contribution in [3.63, 3.8) is 0 Å². The Balaban J connectivity index is 2.17. The van der Waals surface area contributed by atoms with Crippen molar-refractivity contribution in [2.24, 2.45) is 0 Å². The zero-order valence-electron chi connectivity index (χ0n) is 8.88. The molecule has 0 aliphatic carbocycles. The fourth-order valence-corrected chi connectivity index (χ4v) is 2.83. The van der Waals surface area contributed by atoms with E-state index >= 15 is 0 Å². The molecule has 1 fully saturated rings. The fourth-order valence-electron chi connectivity index (χ4n) is 1.57. The summed E-state index contributed by atoms with van der Waals surface area (Å²) in [5.74, 6) is -0.0274. The maximum absolute atomic E-state index is 11.9. The molecular weight excluding hydrogens is 244 g/mol. The molecule has 1 aromatic heterocycles. The van der Waals surface area contributed by atoms with Gasteiger partial charge in [0.05, 0.1) is 4.90 Å². The number of carbonyl (C=O) groups excluding carboxylic acids is 1. The third-order valence-corrected chi connectivity index (χ3v) is 3.88. The SMILES string of the molecule is Nc1cc(S(=O)(=O)NC2CNC(=O)C2)ccn1. The first-order valence-corrected chi connectivity index (χ1v) is 6.46. The van der Waals surface area contributed by atoms with Crippen molar-refractivity contribution < 1.29 is 13.2 Å². The van der Waals surface area contributed by atoms with Crippen molar-refractivity contribution in [1.82, 2.24) is 15.0 Å². The first-order valence-electron chi connectivity index (χ1n) is 4.98. The van der Waals surface area contributed by atoms with Crippen LogP contribution < -0.4 is 15.8 Å². The van der Waals surface area contributed by atoms with E-state index in [9.17, 15) is 13.2 Å². The van der Waals surface area contributed by atoms with Gasteiger partial charge in [-0.2, -0.15) is 0 Å². The number of amides is 1. The average Bonchev–Trinajstić information content (AvgIpc) is 2.63. The number of nitrogens with one attached hydrogen (secondary N) is 2. The second-order valence-corrected chi connectivity index (χ2v) is 5.46. The topological polar surface area (TPSA) is 114 Å². The number of sulfonamides is 1. The quantitative estimate of drug-likeness (QED) is 0.630. The summed E-state index contributed by atoms with van der Waals surface area (Å²) in [6.07, 6.45) is 1.47. The second-order valence-electron chi connectivity index (χ2n) is 3.74. The molecule has 0 radical (unpaired) electrons. The average molecular weight is 256 g/mol. The minimum absolute atomic E-state index is 0.0457. The van der Waals surface area contributed by atoms with Crippen molar-refractivity contribution in [1.29, 1.82) is 0 Å². The summed E-state index contributed by atoms with van der Waals surface area (Å²) in [7, 11) is -3.65. The normalized spacial score (nSPS) is 20.2. The molecule has 92 valence electrons. The van der Waals surface area contributed by atoms with Crippen LogP contribution in [0.4, 0.5) is 5.82 Å². The number of nitrogen functional groups attached to an aromatic ring is 1. The molecule has 4 N–H and O–H groups in total. The molecule has 0 aromatic carbocycles. The van der Waals surface area contributed by atoms with Gasteiger partial charge in [-0.1, -0.05) is 0 Å². The van der Waals surface area contributed by atoms with Crippen molar-refractivity contribution >= 4 is 21.7 Å². The number of pyridine rings is 1. The van der Waals surface area contributed by atoms with Crippen LogP contribution in [-0.2, 0) is 14.8 Å². The highest BCUT2D eigenvalue weighted by atomic mass is 32.2. The Bertz CT molecular complexity index is 543. The van der Waals surface area contributed by atoms with Gasteiger partial charge in [-0.05, 0) is 6.07 Å². The van der Waals surface area contributed by atoms with Crippen molar-refractivity contribution in [3.05, 3.63) is 18.3 Å². The van der Waals surface area contributed by atoms with Crippen LogP contribution in [0.1, 0.15) is 6.42 Å². The Labute approximate surface area is 98.5 Å². The summed E-state index contributed by atoms with van der Waals surface area (Å²) >= 11 is 0. The van der Waals surface area contributed by atoms with Gasteiger partial charge in [-0.3, -0.25) is 4.79 Å². The predicted molar refractivity (Wildman–Crippen MR) is 60.4 cm³/mol. The van der Waals surface area contributed by atoms with Gasteiger partial charge in [0.25, 0.3) is 0 Å². The van der Waals surface area contributed by atoms with E-state index in [-0.39, 0.29) is 23.0 Å². The number of hydrogen-bond acceptors (Lipinski definition) is 5. The maximum atomic E-state index is 11.9. The van der Waals surface area contributed by atoms with E-state index in [1.165, 1.54) is 18.3 Å². The van der Waals surface area contributed by atoms with Crippen molar-refractivity contribution in [2.45, 2.75) is 17.4 Å². The van der Waals surface area contributed by atoms with E-state index in [1.807, 2.05) is 0 Å². The van der Waals surface area contributed by atoms with Crippen LogP contribution in [0.3, 0.4) is 0 Å². The van der Waals surface area contributed by atoms with Gasteiger partial charge in [-0.15, -0.1) is 0 Å². The Morgan fingerprint density at radius 1 is 1.53 bits per heavy atom. The first-order chi connectivity index (χ1) is 7.97. The van der Waals surface area contributed by atoms with Gasteiger partial charge < -0.3 is 11.1 Å². The molecule has 2 heterocycles. The van der Waals surface area contributed by atoms with Gasteiger partial charge in [0.1, 0.15) is 5.82 Å². The summed E-state index contributed by atoms with van der Waals surface area (Å²) in [4.78, 5) is 14.7. The van der Waals surface area contributed by atoms with Gasteiger partial charge in [0, 0.05) is 31.3 Å². The van der Waals surface area contributed by atoms with E-state index < -0.39 is 16.1 Å². The Kier molecular flexibility index (Phi) is 2.99. The highest BCUT2D eigenvalue weighted by Gasteiger charge is 2.26. The lowest BCUT2D eigenvalue weighted by molar-refractivity contribution is -0.119. The van der Waals surface area contributed by atoms with E-state index in [0.717, 1.165) is 0 Å². The predicted octanol–water partition coefficient (Wildman–Crippen LogP) is -1.17. The summed E-state index contributed by atoms with van der Waals surface area (Å²) < 4.78 is 26.3. The van der Waals surface area contributed by atoms with Gasteiger partial charge >= 0.3 is 0 Å². The molecule has 1 aliphatic heterocycles. The molecule has 1 amide bonds. The van der Waals surface area contributed by atoms with Crippen LogP contribution in [0, 0.1) is 0 Å². The lowest BCUT2D eigenvalue weighted by atomic mass is 10.3. The lowest BCUT2D eigenvalue weighted by Gasteiger charge is -2.11. The number of nitrogens with zero attached hydrogens (tertiary/aromatic N) is 1. The zero-order valence-corrected chi connectivity index (χ0v) is 9.70. The van der Waals surface area contributed by atoms with E-state index in [0.29, 0.717) is 6.54 Å². The number of carbonyl (C=O) groups is 1. The van der Waals surface area contributed by atoms with Crippen molar-refractivity contribution in [3.8, 4) is 0 Å². The van der Waals surface area contributed by atoms with Crippen molar-refractivity contribution in [2.75, 3.05) is 12.3 Å². The highest BCUT2D eigenvalue weighted by molar-refractivity contribution is 7.89. The second kappa shape index (κ2) is 4.30. The van der Waals surface area contributed by atoms with E-state index in [1.54, 1.807) is 0 Å². The molecular formula is C9H12N4O3S. The van der Waals surface area contributed by atoms with E-state index in [2.05, 4.69) is 15.0 Å². The Morgan fingerprint density at radius 2 is 2.29 bits per heavy atom. The minimum atomic E-state index is -3.65. The molecule has 8 heteroatoms. The number of anilines is 1. The molecule has 0 bridgehead atoms. The molecule has 1 aliphatic rings. The molecule has 1 saturated heterocycles. The standard InChI is InChI=1S/C9H12N4O3S/c10-8-4-7(1-2-11-8)17(15,16)13-6-3-9(14)12-5-6/h1-2,4,6,13H,3,5H2,(H2,10,11)(H,12,14). The summed E-state index contributed by atoms with van der Waals surface area (Å²) in [6, 6.07) is 2.21. The molecule has 2 rings (SSSR count). The molecule has 1 atom stereocenters. The van der Waals surface area contributed by atoms with Crippen LogP contribution in [0.15, 0.2) is 23.2 Å². The van der Waals surface area contributed by atoms with Crippen LogP contribution in [0.25, 0.3) is 0 Å². The summed E-state index contributed by atoms with van der Waals surface area (Å²) in [5.41, 5.74) is 5.42. The van der Waals surface area contributed by atoms with Crippen LogP contribution in [-0.4, -0.2) is 31.9 Å². The van der Waals surface area contributed by atoms with Gasteiger partial charge in [0.15, 0.2) is 0 Å². The largest absolute Gasteiger partial charge is 0.384 e. The summed E-state index contributed by atoms with van der Waals surface area (Å²) in [5, 5.41) is 2.55.